The van der Waals surface area contributed by atoms with Gasteiger partial charge >= 0.3 is 12.3 Å². The van der Waals surface area contributed by atoms with Crippen LogP contribution in [0.15, 0.2) is 18.2 Å². The van der Waals surface area contributed by atoms with E-state index in [9.17, 15) is 28.1 Å². The van der Waals surface area contributed by atoms with Crippen LogP contribution in [0.3, 0.4) is 0 Å². The number of hydrogen-bond donors (Lipinski definition) is 0. The quantitative estimate of drug-likeness (QED) is 0.481. The van der Waals surface area contributed by atoms with Gasteiger partial charge in [-0.1, -0.05) is 6.07 Å². The minimum Gasteiger partial charge on any atom is -0.462 e. The van der Waals surface area contributed by atoms with Gasteiger partial charge in [-0.3, -0.25) is 10.1 Å². The summed E-state index contributed by atoms with van der Waals surface area (Å²) in [6, 6.07) is 2.66. The summed E-state index contributed by atoms with van der Waals surface area (Å²) in [4.78, 5) is 21.2. The number of nitro benzene ring substituents is 1. The predicted molar refractivity (Wildman–Crippen MR) is 55.7 cm³/mol. The number of hydrogen-bond acceptors (Lipinski definition) is 5. The van der Waals surface area contributed by atoms with Crippen molar-refractivity contribution in [2.45, 2.75) is 13.3 Å². The number of carbonyl (C=O) groups excluding carboxylic acids is 1. The lowest BCUT2D eigenvalue weighted by Gasteiger charge is -2.12. The van der Waals surface area contributed by atoms with Gasteiger partial charge in [-0.15, -0.1) is 13.2 Å². The van der Waals surface area contributed by atoms with Gasteiger partial charge in [0.2, 0.25) is 0 Å². The van der Waals surface area contributed by atoms with Crippen molar-refractivity contribution < 1.29 is 32.4 Å². The molecule has 9 heteroatoms. The Hall–Kier alpha value is -2.32. The molecule has 0 radical (unpaired) electrons. The molecule has 0 saturated heterocycles. The van der Waals surface area contributed by atoms with E-state index in [4.69, 9.17) is 0 Å². The van der Waals surface area contributed by atoms with E-state index in [0.717, 1.165) is 18.2 Å². The second kappa shape index (κ2) is 5.55. The van der Waals surface area contributed by atoms with E-state index in [-0.39, 0.29) is 6.61 Å². The van der Waals surface area contributed by atoms with Crippen LogP contribution in [-0.2, 0) is 4.74 Å². The average Bonchev–Trinajstić information content (AvgIpc) is 2.26. The Morgan fingerprint density at radius 3 is 2.53 bits per heavy atom. The van der Waals surface area contributed by atoms with Gasteiger partial charge in [0.05, 0.1) is 11.5 Å². The van der Waals surface area contributed by atoms with Gasteiger partial charge in [0.15, 0.2) is 11.3 Å². The fraction of sp³-hybridized carbons (Fsp3) is 0.300. The predicted octanol–water partition coefficient (Wildman–Crippen LogP) is 2.67. The van der Waals surface area contributed by atoms with E-state index in [2.05, 4.69) is 9.47 Å². The molecule has 6 nitrogen and oxygen atoms in total. The van der Waals surface area contributed by atoms with Crippen molar-refractivity contribution in [2.75, 3.05) is 6.61 Å². The van der Waals surface area contributed by atoms with Crippen molar-refractivity contribution in [1.82, 2.24) is 0 Å². The molecule has 0 fully saturated rings. The number of ether oxygens (including phenoxy) is 2. The zero-order valence-corrected chi connectivity index (χ0v) is 9.56. The molecule has 0 bridgehead atoms. The third-order valence-electron chi connectivity index (χ3n) is 1.91. The smallest absolute Gasteiger partial charge is 0.462 e. The van der Waals surface area contributed by atoms with Gasteiger partial charge in [-0.05, 0) is 13.0 Å². The Morgan fingerprint density at radius 2 is 2.05 bits per heavy atom. The highest BCUT2D eigenvalue weighted by molar-refractivity contribution is 5.97. The topological polar surface area (TPSA) is 78.7 Å². The second-order valence-electron chi connectivity index (χ2n) is 3.18. The molecule has 0 atom stereocenters. The third kappa shape index (κ3) is 3.83. The maximum absolute atomic E-state index is 12.2. The molecule has 0 aliphatic carbocycles. The lowest BCUT2D eigenvalue weighted by Crippen LogP contribution is -2.20. The van der Waals surface area contributed by atoms with Crippen LogP contribution in [0.1, 0.15) is 17.3 Å². The normalized spacial score (nSPS) is 10.9. The fourth-order valence-corrected chi connectivity index (χ4v) is 1.29. The van der Waals surface area contributed by atoms with E-state index in [1.807, 2.05) is 0 Å². The van der Waals surface area contributed by atoms with Crippen LogP contribution in [0.5, 0.6) is 5.75 Å². The third-order valence-corrected chi connectivity index (χ3v) is 1.91. The van der Waals surface area contributed by atoms with Crippen LogP contribution in [0.25, 0.3) is 0 Å². The lowest BCUT2D eigenvalue weighted by atomic mass is 10.1. The van der Waals surface area contributed by atoms with Crippen molar-refractivity contribution in [3.05, 3.63) is 33.9 Å². The first kappa shape index (κ1) is 14.7. The summed E-state index contributed by atoms with van der Waals surface area (Å²) in [6.45, 7) is 1.27. The first-order valence-corrected chi connectivity index (χ1v) is 4.96. The first-order chi connectivity index (χ1) is 8.76. The van der Waals surface area contributed by atoms with E-state index < -0.39 is 34.3 Å². The molecular weight excluding hydrogens is 271 g/mol. The Morgan fingerprint density at radius 1 is 1.42 bits per heavy atom. The monoisotopic (exact) mass is 279 g/mol. The number of halogens is 3. The number of benzene rings is 1. The van der Waals surface area contributed by atoms with E-state index in [1.165, 1.54) is 6.92 Å². The number of nitro groups is 1. The highest BCUT2D eigenvalue weighted by atomic mass is 19.4. The first-order valence-electron chi connectivity index (χ1n) is 4.96. The molecule has 0 aromatic heterocycles. The van der Waals surface area contributed by atoms with Crippen molar-refractivity contribution in [3.8, 4) is 5.75 Å². The van der Waals surface area contributed by atoms with Gasteiger partial charge in [0.1, 0.15) is 0 Å². The fourth-order valence-electron chi connectivity index (χ4n) is 1.29. The summed E-state index contributed by atoms with van der Waals surface area (Å²) in [5.41, 5.74) is -1.69. The molecule has 1 aromatic rings. The van der Waals surface area contributed by atoms with E-state index in [1.54, 1.807) is 0 Å². The van der Waals surface area contributed by atoms with Crippen molar-refractivity contribution >= 4 is 11.7 Å². The van der Waals surface area contributed by atoms with Crippen LogP contribution in [0.4, 0.5) is 18.9 Å². The lowest BCUT2D eigenvalue weighted by molar-refractivity contribution is -0.385. The summed E-state index contributed by atoms with van der Waals surface area (Å²) < 4.78 is 44.5. The Bertz CT molecular complexity index is 500. The van der Waals surface area contributed by atoms with Gasteiger partial charge in [0.25, 0.3) is 5.69 Å². The molecule has 1 rings (SSSR count). The maximum Gasteiger partial charge on any atom is 0.573 e. The zero-order chi connectivity index (χ0) is 14.6. The summed E-state index contributed by atoms with van der Waals surface area (Å²) in [5.74, 6) is -2.23. The Labute approximate surface area is 104 Å². The maximum atomic E-state index is 12.2. The van der Waals surface area contributed by atoms with Gasteiger partial charge < -0.3 is 9.47 Å². The second-order valence-corrected chi connectivity index (χ2v) is 3.18. The Kier molecular flexibility index (Phi) is 4.30. The molecular formula is C10H8F3NO5. The van der Waals surface area contributed by atoms with E-state index in [0.29, 0.717) is 0 Å². The number of carbonyl (C=O) groups is 1. The summed E-state index contributed by atoms with van der Waals surface area (Å²) >= 11 is 0. The number of rotatable bonds is 4. The number of nitrogens with zero attached hydrogens (tertiary/aromatic N) is 1. The van der Waals surface area contributed by atoms with Crippen LogP contribution in [0.2, 0.25) is 0 Å². The summed E-state index contributed by atoms with van der Waals surface area (Å²) in [6.07, 6.45) is -5.07. The van der Waals surface area contributed by atoms with Gasteiger partial charge in [-0.25, -0.2) is 4.79 Å². The SMILES string of the molecule is CCOC(=O)c1c(OC(F)(F)F)cccc1[N+](=O)[O-]. The van der Waals surface area contributed by atoms with Crippen molar-refractivity contribution in [3.63, 3.8) is 0 Å². The zero-order valence-electron chi connectivity index (χ0n) is 9.56. The molecule has 0 heterocycles. The minimum atomic E-state index is -5.07. The minimum absolute atomic E-state index is 0.143. The highest BCUT2D eigenvalue weighted by Gasteiger charge is 2.36. The molecule has 19 heavy (non-hydrogen) atoms. The standard InChI is InChI=1S/C10H8F3NO5/c1-2-18-9(15)8-6(14(16)17)4-3-5-7(8)19-10(11,12)13/h3-5H,2H2,1H3. The van der Waals surface area contributed by atoms with Crippen LogP contribution >= 0.6 is 0 Å². The van der Waals surface area contributed by atoms with Crippen LogP contribution < -0.4 is 4.74 Å². The molecule has 0 amide bonds. The van der Waals surface area contributed by atoms with E-state index >= 15 is 0 Å². The Balaban J connectivity index is 3.34. The molecule has 0 N–H and O–H groups in total. The molecule has 0 unspecified atom stereocenters. The average molecular weight is 279 g/mol. The molecule has 0 saturated carbocycles. The molecule has 1 aromatic carbocycles. The van der Waals surface area contributed by atoms with Gasteiger partial charge in [-0.2, -0.15) is 0 Å². The van der Waals surface area contributed by atoms with Crippen LogP contribution in [-0.4, -0.2) is 23.9 Å². The van der Waals surface area contributed by atoms with Crippen LogP contribution in [0, 0.1) is 10.1 Å². The molecule has 0 aliphatic rings. The van der Waals surface area contributed by atoms with Gasteiger partial charge in [0, 0.05) is 6.07 Å². The number of alkyl halides is 3. The molecule has 0 aliphatic heterocycles. The summed E-state index contributed by atoms with van der Waals surface area (Å²) in [5, 5.41) is 10.7. The number of esters is 1. The summed E-state index contributed by atoms with van der Waals surface area (Å²) in [7, 11) is 0. The van der Waals surface area contributed by atoms with Crippen molar-refractivity contribution in [1.29, 1.82) is 0 Å². The van der Waals surface area contributed by atoms with Crippen molar-refractivity contribution in [2.24, 2.45) is 0 Å². The molecule has 0 spiro atoms. The molecule has 104 valence electrons. The highest BCUT2D eigenvalue weighted by Crippen LogP contribution is 2.32. The largest absolute Gasteiger partial charge is 0.573 e.